The van der Waals surface area contributed by atoms with Crippen molar-refractivity contribution in [3.63, 3.8) is 0 Å². The summed E-state index contributed by atoms with van der Waals surface area (Å²) in [5.74, 6) is -1.85. The second kappa shape index (κ2) is 4.83. The van der Waals surface area contributed by atoms with Crippen molar-refractivity contribution in [3.8, 4) is 0 Å². The van der Waals surface area contributed by atoms with E-state index in [9.17, 15) is 18.0 Å². The van der Waals surface area contributed by atoms with E-state index in [4.69, 9.17) is 0 Å². The van der Waals surface area contributed by atoms with Gasteiger partial charge < -0.3 is 10.2 Å². The molecule has 0 aliphatic carbocycles. The molecule has 3 nitrogen and oxygen atoms in total. The van der Waals surface area contributed by atoms with Gasteiger partial charge >= 0.3 is 12.1 Å². The van der Waals surface area contributed by atoms with E-state index >= 15 is 0 Å². The first-order valence-corrected chi connectivity index (χ1v) is 4.96. The maximum absolute atomic E-state index is 11.9. The van der Waals surface area contributed by atoms with Gasteiger partial charge in [0.15, 0.2) is 0 Å². The summed E-state index contributed by atoms with van der Waals surface area (Å²) >= 11 is 0. The van der Waals surface area contributed by atoms with Crippen LogP contribution in [0.4, 0.5) is 13.2 Å². The fourth-order valence-corrected chi connectivity index (χ4v) is 1.71. The minimum atomic E-state index is -4.77. The monoisotopic (exact) mass is 224 g/mol. The van der Waals surface area contributed by atoms with Gasteiger partial charge in [0.2, 0.25) is 0 Å². The van der Waals surface area contributed by atoms with Crippen LogP contribution in [0.2, 0.25) is 0 Å². The molecule has 15 heavy (non-hydrogen) atoms. The maximum atomic E-state index is 11.9. The number of amides is 1. The van der Waals surface area contributed by atoms with Crippen LogP contribution in [0, 0.1) is 0 Å². The molecule has 1 amide bonds. The van der Waals surface area contributed by atoms with Crippen molar-refractivity contribution in [1.29, 1.82) is 0 Å². The molecule has 1 unspecified atom stereocenters. The predicted octanol–water partition coefficient (Wildman–Crippen LogP) is 1.15. The number of hydrogen-bond acceptors (Lipinski definition) is 2. The third-order valence-corrected chi connectivity index (χ3v) is 2.68. The third kappa shape index (κ3) is 3.70. The summed E-state index contributed by atoms with van der Waals surface area (Å²) in [6.07, 6.45) is -1.85. The summed E-state index contributed by atoms with van der Waals surface area (Å²) in [7, 11) is 1.86. The summed E-state index contributed by atoms with van der Waals surface area (Å²) < 4.78 is 35.6. The number of rotatable bonds is 2. The van der Waals surface area contributed by atoms with Gasteiger partial charge in [-0.2, -0.15) is 13.2 Å². The van der Waals surface area contributed by atoms with Crippen LogP contribution in [-0.2, 0) is 4.79 Å². The Bertz CT molecular complexity index is 230. The molecule has 0 aromatic rings. The molecule has 0 saturated carbocycles. The predicted molar refractivity (Wildman–Crippen MR) is 49.3 cm³/mol. The molecule has 0 bridgehead atoms. The van der Waals surface area contributed by atoms with Crippen LogP contribution in [0.5, 0.6) is 0 Å². The van der Waals surface area contributed by atoms with Crippen LogP contribution in [0.15, 0.2) is 0 Å². The van der Waals surface area contributed by atoms with E-state index in [-0.39, 0.29) is 12.6 Å². The number of carbonyl (C=O) groups excluding carboxylic acids is 1. The second-order valence-corrected chi connectivity index (χ2v) is 3.84. The molecule has 0 aromatic carbocycles. The summed E-state index contributed by atoms with van der Waals surface area (Å²) in [4.78, 5) is 12.5. The second-order valence-electron chi connectivity index (χ2n) is 3.84. The Kier molecular flexibility index (Phi) is 3.96. The van der Waals surface area contributed by atoms with E-state index in [2.05, 4.69) is 0 Å². The van der Waals surface area contributed by atoms with Gasteiger partial charge in [-0.25, -0.2) is 0 Å². The number of halogens is 3. The average molecular weight is 224 g/mol. The molecule has 0 spiro atoms. The van der Waals surface area contributed by atoms with E-state index in [1.807, 2.05) is 17.3 Å². The quantitative estimate of drug-likeness (QED) is 0.763. The fraction of sp³-hybridized carbons (Fsp3) is 0.889. The highest BCUT2D eigenvalue weighted by Crippen LogP contribution is 2.16. The third-order valence-electron chi connectivity index (χ3n) is 2.68. The number of likely N-dealkylation sites (N-methyl/N-ethyl adjacent to an activating group) is 1. The van der Waals surface area contributed by atoms with E-state index < -0.39 is 12.1 Å². The topological polar surface area (TPSA) is 32.3 Å². The number of carbonyl (C=O) groups is 1. The highest BCUT2D eigenvalue weighted by molar-refractivity contribution is 5.81. The van der Waals surface area contributed by atoms with Crippen molar-refractivity contribution < 1.29 is 18.0 Å². The Labute approximate surface area is 86.6 Å². The lowest BCUT2D eigenvalue weighted by atomic mass is 10.0. The zero-order valence-corrected chi connectivity index (χ0v) is 8.60. The number of nitrogens with one attached hydrogen (secondary N) is 1. The van der Waals surface area contributed by atoms with E-state index in [0.29, 0.717) is 0 Å². The first-order valence-electron chi connectivity index (χ1n) is 4.96. The van der Waals surface area contributed by atoms with Gasteiger partial charge in [0.1, 0.15) is 0 Å². The van der Waals surface area contributed by atoms with Crippen molar-refractivity contribution in [3.05, 3.63) is 0 Å². The van der Waals surface area contributed by atoms with Crippen molar-refractivity contribution in [2.75, 3.05) is 20.1 Å². The van der Waals surface area contributed by atoms with Crippen LogP contribution in [0.3, 0.4) is 0 Å². The molecule has 1 N–H and O–H groups in total. The SMILES string of the molecule is CN1CCCCC1CNC(=O)C(F)(F)F. The van der Waals surface area contributed by atoms with Gasteiger partial charge in [0.25, 0.3) is 0 Å². The highest BCUT2D eigenvalue weighted by Gasteiger charge is 2.38. The molecular weight excluding hydrogens is 209 g/mol. The van der Waals surface area contributed by atoms with Crippen LogP contribution in [-0.4, -0.2) is 43.2 Å². The number of piperidine rings is 1. The molecule has 1 heterocycles. The number of nitrogens with zero attached hydrogens (tertiary/aromatic N) is 1. The lowest BCUT2D eigenvalue weighted by molar-refractivity contribution is -0.173. The molecule has 1 fully saturated rings. The Balaban J connectivity index is 2.33. The summed E-state index contributed by atoms with van der Waals surface area (Å²) in [6.45, 7) is 0.960. The highest BCUT2D eigenvalue weighted by atomic mass is 19.4. The first-order chi connectivity index (χ1) is 6.91. The van der Waals surface area contributed by atoms with Crippen LogP contribution < -0.4 is 5.32 Å². The van der Waals surface area contributed by atoms with Crippen molar-refractivity contribution >= 4 is 5.91 Å². The Hall–Kier alpha value is -0.780. The number of hydrogen-bond donors (Lipinski definition) is 1. The van der Waals surface area contributed by atoms with Crippen molar-refractivity contribution in [2.45, 2.75) is 31.5 Å². The van der Waals surface area contributed by atoms with E-state index in [1.165, 1.54) is 0 Å². The Morgan fingerprint density at radius 2 is 2.13 bits per heavy atom. The van der Waals surface area contributed by atoms with Gasteiger partial charge in [-0.1, -0.05) is 6.42 Å². The summed E-state index contributed by atoms with van der Waals surface area (Å²) in [5, 5.41) is 1.92. The van der Waals surface area contributed by atoms with Gasteiger partial charge in [0, 0.05) is 12.6 Å². The smallest absolute Gasteiger partial charge is 0.347 e. The molecule has 88 valence electrons. The Morgan fingerprint density at radius 1 is 1.47 bits per heavy atom. The van der Waals surface area contributed by atoms with Crippen LogP contribution in [0.25, 0.3) is 0 Å². The lowest BCUT2D eigenvalue weighted by Gasteiger charge is -2.32. The van der Waals surface area contributed by atoms with E-state index in [1.54, 1.807) is 0 Å². The molecule has 1 aliphatic heterocycles. The zero-order chi connectivity index (χ0) is 11.5. The molecule has 1 aliphatic rings. The maximum Gasteiger partial charge on any atom is 0.471 e. The summed E-state index contributed by atoms with van der Waals surface area (Å²) in [5.41, 5.74) is 0. The van der Waals surface area contributed by atoms with Crippen LogP contribution in [0.1, 0.15) is 19.3 Å². The minimum Gasteiger partial charge on any atom is -0.347 e. The first kappa shape index (κ1) is 12.3. The molecule has 0 radical (unpaired) electrons. The molecule has 6 heteroatoms. The normalized spacial score (nSPS) is 23.9. The minimum absolute atomic E-state index is 0.0325. The van der Waals surface area contributed by atoms with Gasteiger partial charge in [-0.05, 0) is 26.4 Å². The standard InChI is InChI=1S/C9H15F3N2O/c1-14-5-3-2-4-7(14)6-13-8(15)9(10,11)12/h7H,2-6H2,1H3,(H,13,15). The lowest BCUT2D eigenvalue weighted by Crippen LogP contribution is -2.47. The Morgan fingerprint density at radius 3 is 2.67 bits per heavy atom. The van der Waals surface area contributed by atoms with Crippen molar-refractivity contribution in [1.82, 2.24) is 10.2 Å². The largest absolute Gasteiger partial charge is 0.471 e. The van der Waals surface area contributed by atoms with E-state index in [0.717, 1.165) is 25.8 Å². The molecule has 0 aromatic heterocycles. The van der Waals surface area contributed by atoms with Crippen LogP contribution >= 0.6 is 0 Å². The zero-order valence-electron chi connectivity index (χ0n) is 8.60. The van der Waals surface area contributed by atoms with Crippen molar-refractivity contribution in [2.24, 2.45) is 0 Å². The number of alkyl halides is 3. The van der Waals surface area contributed by atoms with Gasteiger partial charge in [-0.15, -0.1) is 0 Å². The number of likely N-dealkylation sites (tertiary alicyclic amines) is 1. The van der Waals surface area contributed by atoms with Gasteiger partial charge in [0.05, 0.1) is 0 Å². The molecular formula is C9H15F3N2O. The fourth-order valence-electron chi connectivity index (χ4n) is 1.71. The molecule has 1 rings (SSSR count). The summed E-state index contributed by atoms with van der Waals surface area (Å²) in [6, 6.07) is 0.0325. The van der Waals surface area contributed by atoms with Gasteiger partial charge in [-0.3, -0.25) is 4.79 Å². The molecule has 1 atom stereocenters. The average Bonchev–Trinajstić information content (AvgIpc) is 2.14. The molecule has 1 saturated heterocycles.